The number of phenolic OH excluding ortho intramolecular Hbond substituents is 1. The van der Waals surface area contributed by atoms with Gasteiger partial charge in [0, 0.05) is 0 Å². The number of benzene rings is 1. The fourth-order valence-electron chi connectivity index (χ4n) is 1.06. The second-order valence-electron chi connectivity index (χ2n) is 2.76. The molecule has 2 N–H and O–H groups in total. The van der Waals surface area contributed by atoms with Crippen LogP contribution in [0.1, 0.15) is 17.6 Å². The number of aliphatic carboxylic acids is 1. The maximum Gasteiger partial charge on any atom is 0.307 e. The van der Waals surface area contributed by atoms with Crippen LogP contribution in [0, 0.1) is 0 Å². The SMILES string of the molecule is O=C(O)Cc1ccc(O)c(C(F)F)c1. The summed E-state index contributed by atoms with van der Waals surface area (Å²) in [4.78, 5) is 10.3. The number of hydrogen-bond acceptors (Lipinski definition) is 2. The summed E-state index contributed by atoms with van der Waals surface area (Å²) in [6.07, 6.45) is -3.14. The van der Waals surface area contributed by atoms with Crippen LogP contribution in [0.15, 0.2) is 18.2 Å². The molecule has 14 heavy (non-hydrogen) atoms. The highest BCUT2D eigenvalue weighted by atomic mass is 19.3. The maximum atomic E-state index is 12.2. The predicted molar refractivity (Wildman–Crippen MR) is 44.4 cm³/mol. The average Bonchev–Trinajstić information content (AvgIpc) is 2.07. The molecule has 0 radical (unpaired) electrons. The van der Waals surface area contributed by atoms with Gasteiger partial charge in [0.05, 0.1) is 12.0 Å². The summed E-state index contributed by atoms with van der Waals surface area (Å²) in [5.74, 6) is -1.62. The van der Waals surface area contributed by atoms with Crippen molar-refractivity contribution in [3.05, 3.63) is 29.3 Å². The minimum Gasteiger partial charge on any atom is -0.507 e. The van der Waals surface area contributed by atoms with Gasteiger partial charge in [-0.3, -0.25) is 4.79 Å². The van der Waals surface area contributed by atoms with Crippen molar-refractivity contribution in [3.8, 4) is 5.75 Å². The van der Waals surface area contributed by atoms with Crippen LogP contribution in [-0.4, -0.2) is 16.2 Å². The van der Waals surface area contributed by atoms with Crippen LogP contribution >= 0.6 is 0 Å². The van der Waals surface area contributed by atoms with E-state index >= 15 is 0 Å². The number of carboxylic acid groups (broad SMARTS) is 1. The van der Waals surface area contributed by atoms with Crippen molar-refractivity contribution in [1.82, 2.24) is 0 Å². The van der Waals surface area contributed by atoms with Crippen LogP contribution in [0.2, 0.25) is 0 Å². The third-order valence-electron chi connectivity index (χ3n) is 1.68. The van der Waals surface area contributed by atoms with Crippen molar-refractivity contribution in [3.63, 3.8) is 0 Å². The minimum atomic E-state index is -2.80. The van der Waals surface area contributed by atoms with Crippen molar-refractivity contribution in [2.75, 3.05) is 0 Å². The summed E-state index contributed by atoms with van der Waals surface area (Å²) in [6.45, 7) is 0. The molecule has 0 bridgehead atoms. The Balaban J connectivity index is 3.00. The number of carbonyl (C=O) groups is 1. The Labute approximate surface area is 78.6 Å². The quantitative estimate of drug-likeness (QED) is 0.787. The number of phenols is 1. The molecule has 0 spiro atoms. The van der Waals surface area contributed by atoms with Crippen molar-refractivity contribution in [1.29, 1.82) is 0 Å². The van der Waals surface area contributed by atoms with Gasteiger partial charge in [0.1, 0.15) is 5.75 Å². The average molecular weight is 202 g/mol. The molecule has 1 aromatic rings. The van der Waals surface area contributed by atoms with Gasteiger partial charge < -0.3 is 10.2 Å². The van der Waals surface area contributed by atoms with Crippen LogP contribution in [0.5, 0.6) is 5.75 Å². The molecule has 0 atom stereocenters. The largest absolute Gasteiger partial charge is 0.507 e. The molecule has 1 aromatic carbocycles. The van der Waals surface area contributed by atoms with E-state index < -0.39 is 23.7 Å². The molecule has 3 nitrogen and oxygen atoms in total. The van der Waals surface area contributed by atoms with E-state index in [1.165, 1.54) is 6.07 Å². The lowest BCUT2D eigenvalue weighted by atomic mass is 10.1. The smallest absolute Gasteiger partial charge is 0.307 e. The molecule has 0 saturated heterocycles. The fourth-order valence-corrected chi connectivity index (χ4v) is 1.06. The molecule has 0 saturated carbocycles. The molecule has 5 heteroatoms. The summed E-state index contributed by atoms with van der Waals surface area (Å²) in [6, 6.07) is 3.36. The van der Waals surface area contributed by atoms with E-state index in [1.807, 2.05) is 0 Å². The van der Waals surface area contributed by atoms with Gasteiger partial charge in [0.2, 0.25) is 0 Å². The topological polar surface area (TPSA) is 57.5 Å². The number of alkyl halides is 2. The van der Waals surface area contributed by atoms with Gasteiger partial charge in [-0.15, -0.1) is 0 Å². The standard InChI is InChI=1S/C9H8F2O3/c10-9(11)6-3-5(4-8(13)14)1-2-7(6)12/h1-3,9,12H,4H2,(H,13,14). The van der Waals surface area contributed by atoms with Crippen LogP contribution in [0.25, 0.3) is 0 Å². The van der Waals surface area contributed by atoms with E-state index in [9.17, 15) is 13.6 Å². The van der Waals surface area contributed by atoms with Crippen LogP contribution in [-0.2, 0) is 11.2 Å². The van der Waals surface area contributed by atoms with Crippen molar-refractivity contribution < 1.29 is 23.8 Å². The monoisotopic (exact) mass is 202 g/mol. The molecule has 0 unspecified atom stereocenters. The van der Waals surface area contributed by atoms with E-state index in [1.54, 1.807) is 0 Å². The van der Waals surface area contributed by atoms with E-state index in [-0.39, 0.29) is 12.0 Å². The van der Waals surface area contributed by atoms with Crippen molar-refractivity contribution in [2.24, 2.45) is 0 Å². The van der Waals surface area contributed by atoms with Gasteiger partial charge >= 0.3 is 5.97 Å². The zero-order valence-corrected chi connectivity index (χ0v) is 7.08. The predicted octanol–water partition coefficient (Wildman–Crippen LogP) is 1.96. The Morgan fingerprint density at radius 2 is 2.07 bits per heavy atom. The Bertz CT molecular complexity index is 350. The first-order valence-electron chi connectivity index (χ1n) is 3.82. The molecule has 0 aliphatic rings. The zero-order valence-electron chi connectivity index (χ0n) is 7.08. The first kappa shape index (κ1) is 10.4. The van der Waals surface area contributed by atoms with Crippen molar-refractivity contribution >= 4 is 5.97 Å². The lowest BCUT2D eigenvalue weighted by molar-refractivity contribution is -0.136. The third-order valence-corrected chi connectivity index (χ3v) is 1.68. The Kier molecular flexibility index (Phi) is 3.01. The van der Waals surface area contributed by atoms with Gasteiger partial charge in [-0.1, -0.05) is 6.07 Å². The van der Waals surface area contributed by atoms with Gasteiger partial charge in [-0.2, -0.15) is 0 Å². The number of hydrogen-bond donors (Lipinski definition) is 2. The summed E-state index contributed by atoms with van der Waals surface area (Å²) >= 11 is 0. The van der Waals surface area contributed by atoms with E-state index in [0.29, 0.717) is 0 Å². The second kappa shape index (κ2) is 4.04. The van der Waals surface area contributed by atoms with Gasteiger partial charge in [0.25, 0.3) is 6.43 Å². The van der Waals surface area contributed by atoms with E-state index in [2.05, 4.69) is 0 Å². The highest BCUT2D eigenvalue weighted by molar-refractivity contribution is 5.70. The highest BCUT2D eigenvalue weighted by Crippen LogP contribution is 2.28. The van der Waals surface area contributed by atoms with Gasteiger partial charge in [-0.25, -0.2) is 8.78 Å². The van der Waals surface area contributed by atoms with Crippen LogP contribution in [0.4, 0.5) is 8.78 Å². The first-order chi connectivity index (χ1) is 6.50. The first-order valence-corrected chi connectivity index (χ1v) is 3.82. The van der Waals surface area contributed by atoms with Gasteiger partial charge in [-0.05, 0) is 17.7 Å². The summed E-state index contributed by atoms with van der Waals surface area (Å²) in [7, 11) is 0. The van der Waals surface area contributed by atoms with Crippen molar-refractivity contribution in [2.45, 2.75) is 12.8 Å². The molecule has 0 fully saturated rings. The Morgan fingerprint density at radius 3 is 2.57 bits per heavy atom. The fraction of sp³-hybridized carbons (Fsp3) is 0.222. The van der Waals surface area contributed by atoms with Crippen LogP contribution < -0.4 is 0 Å². The maximum absolute atomic E-state index is 12.2. The number of carboxylic acids is 1. The summed E-state index contributed by atoms with van der Waals surface area (Å²) < 4.78 is 24.5. The summed E-state index contributed by atoms with van der Waals surface area (Å²) in [5.41, 5.74) is -0.297. The molecule has 0 heterocycles. The van der Waals surface area contributed by atoms with E-state index in [0.717, 1.165) is 12.1 Å². The minimum absolute atomic E-state index is 0.241. The molecular formula is C9H8F2O3. The normalized spacial score (nSPS) is 10.5. The van der Waals surface area contributed by atoms with E-state index in [4.69, 9.17) is 10.2 Å². The molecule has 0 aliphatic carbocycles. The number of halogens is 2. The van der Waals surface area contributed by atoms with Crippen LogP contribution in [0.3, 0.4) is 0 Å². The second-order valence-corrected chi connectivity index (χ2v) is 2.76. The third kappa shape index (κ3) is 2.42. The zero-order chi connectivity index (χ0) is 10.7. The number of rotatable bonds is 3. The molecule has 0 aliphatic heterocycles. The molecule has 0 amide bonds. The molecular weight excluding hydrogens is 194 g/mol. The molecule has 1 rings (SSSR count). The number of aromatic hydroxyl groups is 1. The summed E-state index contributed by atoms with van der Waals surface area (Å²) in [5, 5.41) is 17.4. The molecule has 0 aromatic heterocycles. The molecule has 76 valence electrons. The lowest BCUT2D eigenvalue weighted by Gasteiger charge is -2.05. The Hall–Kier alpha value is -1.65. The highest BCUT2D eigenvalue weighted by Gasteiger charge is 2.13. The Morgan fingerprint density at radius 1 is 1.43 bits per heavy atom. The van der Waals surface area contributed by atoms with Gasteiger partial charge in [0.15, 0.2) is 0 Å². The lowest BCUT2D eigenvalue weighted by Crippen LogP contribution is -2.00.